The molecular weight excluding hydrogens is 369 g/mol. The Hall–Kier alpha value is -2.48. The predicted molar refractivity (Wildman–Crippen MR) is 88.0 cm³/mol. The van der Waals surface area contributed by atoms with Gasteiger partial charge in [-0.25, -0.2) is 4.39 Å². The fourth-order valence-electron chi connectivity index (χ4n) is 1.85. The van der Waals surface area contributed by atoms with Crippen LogP contribution in [-0.2, 0) is 0 Å². The molecule has 23 heavy (non-hydrogen) atoms. The maximum atomic E-state index is 13.5. The number of hydrogen-bond acceptors (Lipinski definition) is 4. The SMILES string of the molecule is O=C(NCCNc1ccc([N+](=O)[O-])cc1)c1cc(Br)ccc1F. The van der Waals surface area contributed by atoms with Gasteiger partial charge in [0.1, 0.15) is 5.82 Å². The largest absolute Gasteiger partial charge is 0.383 e. The zero-order valence-electron chi connectivity index (χ0n) is 11.9. The number of carbonyl (C=O) groups excluding carboxylic acids is 1. The lowest BCUT2D eigenvalue weighted by molar-refractivity contribution is -0.384. The Morgan fingerprint density at radius 3 is 2.52 bits per heavy atom. The molecule has 1 amide bonds. The quantitative estimate of drug-likeness (QED) is 0.456. The van der Waals surface area contributed by atoms with E-state index in [4.69, 9.17) is 0 Å². The van der Waals surface area contributed by atoms with Crippen LogP contribution >= 0.6 is 15.9 Å². The van der Waals surface area contributed by atoms with Crippen molar-refractivity contribution >= 4 is 33.2 Å². The van der Waals surface area contributed by atoms with E-state index in [0.29, 0.717) is 16.7 Å². The summed E-state index contributed by atoms with van der Waals surface area (Å²) in [6.07, 6.45) is 0. The molecule has 0 fully saturated rings. The second-order valence-electron chi connectivity index (χ2n) is 4.61. The van der Waals surface area contributed by atoms with E-state index < -0.39 is 16.6 Å². The third kappa shape index (κ3) is 4.75. The van der Waals surface area contributed by atoms with E-state index in [2.05, 4.69) is 26.6 Å². The van der Waals surface area contributed by atoms with Gasteiger partial charge < -0.3 is 10.6 Å². The van der Waals surface area contributed by atoms with Crippen LogP contribution in [0.5, 0.6) is 0 Å². The predicted octanol–water partition coefficient (Wildman–Crippen LogP) is 3.34. The summed E-state index contributed by atoms with van der Waals surface area (Å²) in [5.74, 6) is -1.09. The lowest BCUT2D eigenvalue weighted by atomic mass is 10.2. The first-order valence-electron chi connectivity index (χ1n) is 6.69. The zero-order chi connectivity index (χ0) is 16.8. The molecule has 2 aromatic rings. The topological polar surface area (TPSA) is 84.3 Å². The molecule has 0 bridgehead atoms. The van der Waals surface area contributed by atoms with Crippen molar-refractivity contribution in [2.75, 3.05) is 18.4 Å². The molecule has 0 aromatic heterocycles. The van der Waals surface area contributed by atoms with E-state index in [1.54, 1.807) is 12.1 Å². The fourth-order valence-corrected chi connectivity index (χ4v) is 2.21. The van der Waals surface area contributed by atoms with Crippen molar-refractivity contribution < 1.29 is 14.1 Å². The number of non-ortho nitro benzene ring substituents is 1. The molecule has 0 aliphatic heterocycles. The molecule has 0 saturated heterocycles. The highest BCUT2D eigenvalue weighted by Gasteiger charge is 2.11. The minimum absolute atomic E-state index is 0.00832. The lowest BCUT2D eigenvalue weighted by Gasteiger charge is -2.08. The summed E-state index contributed by atoms with van der Waals surface area (Å²) in [5, 5.41) is 16.1. The van der Waals surface area contributed by atoms with Crippen LogP contribution < -0.4 is 10.6 Å². The Morgan fingerprint density at radius 2 is 1.87 bits per heavy atom. The molecule has 0 spiro atoms. The van der Waals surface area contributed by atoms with Crippen LogP contribution in [0.2, 0.25) is 0 Å². The first-order valence-corrected chi connectivity index (χ1v) is 7.48. The van der Waals surface area contributed by atoms with E-state index in [-0.39, 0.29) is 17.8 Å². The van der Waals surface area contributed by atoms with E-state index in [1.165, 1.54) is 30.3 Å². The Morgan fingerprint density at radius 1 is 1.17 bits per heavy atom. The summed E-state index contributed by atoms with van der Waals surface area (Å²) in [5.41, 5.74) is 0.669. The number of nitro groups is 1. The number of hydrogen-bond donors (Lipinski definition) is 2. The number of halogens is 2. The van der Waals surface area contributed by atoms with Crippen molar-refractivity contribution in [3.63, 3.8) is 0 Å². The zero-order valence-corrected chi connectivity index (χ0v) is 13.5. The van der Waals surface area contributed by atoms with Crippen molar-refractivity contribution in [2.45, 2.75) is 0 Å². The van der Waals surface area contributed by atoms with Gasteiger partial charge in [0.15, 0.2) is 0 Å². The highest BCUT2D eigenvalue weighted by Crippen LogP contribution is 2.16. The molecule has 2 N–H and O–H groups in total. The number of anilines is 1. The minimum atomic E-state index is -0.589. The van der Waals surface area contributed by atoms with Gasteiger partial charge in [-0.3, -0.25) is 14.9 Å². The molecule has 8 heteroatoms. The van der Waals surface area contributed by atoms with Gasteiger partial charge >= 0.3 is 0 Å². The third-order valence-corrected chi connectivity index (χ3v) is 3.48. The lowest BCUT2D eigenvalue weighted by Crippen LogP contribution is -2.29. The summed E-state index contributed by atoms with van der Waals surface area (Å²) in [6.45, 7) is 0.681. The van der Waals surface area contributed by atoms with E-state index in [9.17, 15) is 19.3 Å². The molecule has 0 heterocycles. The van der Waals surface area contributed by atoms with Gasteiger partial charge in [0.2, 0.25) is 0 Å². The Bertz CT molecular complexity index is 722. The van der Waals surface area contributed by atoms with Gasteiger partial charge in [0.05, 0.1) is 10.5 Å². The summed E-state index contributed by atoms with van der Waals surface area (Å²) in [4.78, 5) is 21.9. The minimum Gasteiger partial charge on any atom is -0.383 e. The van der Waals surface area contributed by atoms with Crippen molar-refractivity contribution in [1.82, 2.24) is 5.32 Å². The molecule has 0 saturated carbocycles. The average molecular weight is 382 g/mol. The number of nitrogens with one attached hydrogen (secondary N) is 2. The molecule has 0 radical (unpaired) electrons. The molecule has 0 aliphatic carbocycles. The maximum absolute atomic E-state index is 13.5. The monoisotopic (exact) mass is 381 g/mol. The number of benzene rings is 2. The number of rotatable bonds is 6. The highest BCUT2D eigenvalue weighted by atomic mass is 79.9. The normalized spacial score (nSPS) is 10.2. The van der Waals surface area contributed by atoms with Crippen molar-refractivity contribution in [2.24, 2.45) is 0 Å². The second kappa shape index (κ2) is 7.68. The van der Waals surface area contributed by atoms with E-state index >= 15 is 0 Å². The summed E-state index contributed by atoms with van der Waals surface area (Å²) in [6, 6.07) is 10.1. The molecule has 2 aromatic carbocycles. The molecule has 0 atom stereocenters. The molecule has 6 nitrogen and oxygen atoms in total. The van der Waals surface area contributed by atoms with Crippen LogP contribution in [0.15, 0.2) is 46.9 Å². The molecule has 2 rings (SSSR count). The first-order chi connectivity index (χ1) is 11.0. The van der Waals surface area contributed by atoms with Crippen molar-refractivity contribution in [1.29, 1.82) is 0 Å². The van der Waals surface area contributed by atoms with Crippen molar-refractivity contribution in [3.05, 3.63) is 68.4 Å². The molecule has 120 valence electrons. The van der Waals surface area contributed by atoms with Crippen LogP contribution in [0.4, 0.5) is 15.8 Å². The Labute approximate surface area is 140 Å². The number of carbonyl (C=O) groups is 1. The van der Waals surface area contributed by atoms with Crippen LogP contribution in [0.25, 0.3) is 0 Å². The second-order valence-corrected chi connectivity index (χ2v) is 5.53. The Kier molecular flexibility index (Phi) is 5.64. The van der Waals surface area contributed by atoms with Gasteiger partial charge in [-0.05, 0) is 30.3 Å². The number of nitro benzene ring substituents is 1. The summed E-state index contributed by atoms with van der Waals surface area (Å²) < 4.78 is 14.2. The number of amides is 1. The summed E-state index contributed by atoms with van der Waals surface area (Å²) in [7, 11) is 0. The van der Waals surface area contributed by atoms with Gasteiger partial charge in [-0.2, -0.15) is 0 Å². The third-order valence-electron chi connectivity index (χ3n) is 2.99. The Balaban J connectivity index is 1.82. The standard InChI is InChI=1S/C15H13BrFN3O3/c16-10-1-6-14(17)13(9-10)15(21)19-8-7-18-11-2-4-12(5-3-11)20(22)23/h1-6,9,18H,7-8H2,(H,19,21). The van der Waals surface area contributed by atoms with Crippen LogP contribution in [0, 0.1) is 15.9 Å². The van der Waals surface area contributed by atoms with Gasteiger partial charge in [-0.1, -0.05) is 15.9 Å². The molecule has 0 unspecified atom stereocenters. The van der Waals surface area contributed by atoms with Gasteiger partial charge in [0.25, 0.3) is 11.6 Å². The fraction of sp³-hybridized carbons (Fsp3) is 0.133. The van der Waals surface area contributed by atoms with E-state index in [1.807, 2.05) is 0 Å². The van der Waals surface area contributed by atoms with Crippen LogP contribution in [0.3, 0.4) is 0 Å². The van der Waals surface area contributed by atoms with Gasteiger partial charge in [-0.15, -0.1) is 0 Å². The molecule has 0 aliphatic rings. The van der Waals surface area contributed by atoms with Crippen LogP contribution in [0.1, 0.15) is 10.4 Å². The van der Waals surface area contributed by atoms with Crippen molar-refractivity contribution in [3.8, 4) is 0 Å². The number of nitrogens with zero attached hydrogens (tertiary/aromatic N) is 1. The maximum Gasteiger partial charge on any atom is 0.269 e. The highest BCUT2D eigenvalue weighted by molar-refractivity contribution is 9.10. The molecular formula is C15H13BrFN3O3. The smallest absolute Gasteiger partial charge is 0.269 e. The van der Waals surface area contributed by atoms with Crippen LogP contribution in [-0.4, -0.2) is 23.9 Å². The summed E-state index contributed by atoms with van der Waals surface area (Å²) >= 11 is 3.19. The average Bonchev–Trinajstić information content (AvgIpc) is 2.54. The van der Waals surface area contributed by atoms with E-state index in [0.717, 1.165) is 0 Å². The van der Waals surface area contributed by atoms with Gasteiger partial charge in [0, 0.05) is 35.4 Å². The first kappa shape index (κ1) is 16.9.